The topological polar surface area (TPSA) is 12.0 Å². The molecule has 0 amide bonds. The number of unbranched alkanes of at least 4 members (excludes halogenated alkanes) is 2. The van der Waals surface area contributed by atoms with Crippen molar-refractivity contribution in [2.45, 2.75) is 67.2 Å². The Kier molecular flexibility index (Phi) is 85.9. The Labute approximate surface area is 149 Å². The van der Waals surface area contributed by atoms with Gasteiger partial charge in [-0.15, -0.1) is 6.42 Å². The summed E-state index contributed by atoms with van der Waals surface area (Å²) in [6.45, 7) is 12.3. The van der Waals surface area contributed by atoms with Gasteiger partial charge in [-0.1, -0.05) is 47.5 Å². The second kappa shape index (κ2) is 51.3. The van der Waals surface area contributed by atoms with Crippen LogP contribution in [0.1, 0.15) is 67.2 Å². The van der Waals surface area contributed by atoms with Crippen molar-refractivity contribution < 1.29 is 32.7 Å². The van der Waals surface area contributed by atoms with E-state index in [0.717, 1.165) is 6.42 Å². The normalized spacial score (nSPS) is 9.68. The fraction of sp³-hybridized carbons (Fsp3) is 0.706. The van der Waals surface area contributed by atoms with E-state index in [0.29, 0.717) is 0 Å². The maximum absolute atomic E-state index is 3.07. The van der Waals surface area contributed by atoms with Crippen molar-refractivity contribution in [3.63, 3.8) is 0 Å². The zero-order valence-corrected chi connectivity index (χ0v) is 17.6. The molecule has 1 nitrogen and oxygen atoms in total. The largest absolute Gasteiger partial charge is 0.332 e. The fourth-order valence-electron chi connectivity index (χ4n) is 0.771. The molecule has 1 N–H and O–H groups in total. The Morgan fingerprint density at radius 3 is 1.68 bits per heavy atom. The molecule has 0 bridgehead atoms. The first-order valence-electron chi connectivity index (χ1n) is 7.41. The molecule has 0 atom stereocenters. The van der Waals surface area contributed by atoms with E-state index in [1.54, 1.807) is 0 Å². The minimum atomic E-state index is 0. The summed E-state index contributed by atoms with van der Waals surface area (Å²) in [6, 6.07) is 0. The average Bonchev–Trinajstić information content (AvgIpc) is 2.47. The van der Waals surface area contributed by atoms with E-state index < -0.39 is 0 Å². The summed E-state index contributed by atoms with van der Waals surface area (Å²) >= 11 is 0. The van der Waals surface area contributed by atoms with E-state index in [-0.39, 0.29) is 32.7 Å². The van der Waals surface area contributed by atoms with Crippen molar-refractivity contribution in [2.75, 3.05) is 14.1 Å². The molecule has 1 aliphatic carbocycles. The Morgan fingerprint density at radius 1 is 1.16 bits per heavy atom. The van der Waals surface area contributed by atoms with Gasteiger partial charge >= 0.3 is 0 Å². The van der Waals surface area contributed by atoms with Crippen LogP contribution in [0.15, 0.2) is 18.2 Å². The molecule has 1 aliphatic rings. The predicted molar refractivity (Wildman–Crippen MR) is 88.7 cm³/mol. The molecule has 0 unspecified atom stereocenters. The van der Waals surface area contributed by atoms with Gasteiger partial charge in [0.05, 0.1) is 0 Å². The van der Waals surface area contributed by atoms with Gasteiger partial charge in [0.15, 0.2) is 0 Å². The summed E-state index contributed by atoms with van der Waals surface area (Å²) in [5.41, 5.74) is 0. The van der Waals surface area contributed by atoms with Crippen LogP contribution in [0.25, 0.3) is 0 Å². The summed E-state index contributed by atoms with van der Waals surface area (Å²) in [6.07, 6.45) is 16.2. The molecule has 0 saturated heterocycles. The van der Waals surface area contributed by atoms with Crippen LogP contribution in [-0.4, -0.2) is 14.1 Å². The Morgan fingerprint density at radius 2 is 1.63 bits per heavy atom. The van der Waals surface area contributed by atoms with Crippen LogP contribution in [-0.2, 0) is 32.7 Å². The van der Waals surface area contributed by atoms with Crippen LogP contribution in [0.4, 0.5) is 0 Å². The van der Waals surface area contributed by atoms with E-state index in [2.05, 4.69) is 37.7 Å². The second-order valence-corrected chi connectivity index (χ2v) is 3.03. The minimum Gasteiger partial charge on any atom is -0.332 e. The summed E-state index contributed by atoms with van der Waals surface area (Å²) < 4.78 is 0. The van der Waals surface area contributed by atoms with Crippen molar-refractivity contribution in [2.24, 2.45) is 0 Å². The first-order valence-corrected chi connectivity index (χ1v) is 7.41. The quantitative estimate of drug-likeness (QED) is 0.644. The molecule has 1 rings (SSSR count). The van der Waals surface area contributed by atoms with Gasteiger partial charge in [0.2, 0.25) is 0 Å². The van der Waals surface area contributed by atoms with Crippen molar-refractivity contribution >= 4 is 0 Å². The number of rotatable bonds is 2. The Hall–Kier alpha value is 0.544. The van der Waals surface area contributed by atoms with Crippen LogP contribution in [0.2, 0.25) is 0 Å². The summed E-state index contributed by atoms with van der Waals surface area (Å²) in [7, 11) is 3.75. The average molecular weight is 344 g/mol. The zero-order chi connectivity index (χ0) is 15.1. The maximum Gasteiger partial charge on any atom is 0 e. The van der Waals surface area contributed by atoms with Crippen LogP contribution in [0.5, 0.6) is 0 Å². The van der Waals surface area contributed by atoms with Crippen LogP contribution in [0.3, 0.4) is 0 Å². The molecule has 0 aromatic carbocycles. The zero-order valence-electron chi connectivity index (χ0n) is 14.7. The maximum atomic E-state index is 3.07. The molecular formula is C17H37NY-2. The van der Waals surface area contributed by atoms with Crippen molar-refractivity contribution in [3.8, 4) is 0 Å². The third kappa shape index (κ3) is 69.5. The molecule has 2 heteroatoms. The van der Waals surface area contributed by atoms with E-state index >= 15 is 0 Å². The van der Waals surface area contributed by atoms with Gasteiger partial charge in [-0.05, 0) is 14.1 Å². The van der Waals surface area contributed by atoms with Gasteiger partial charge in [-0.25, -0.2) is 12.2 Å². The van der Waals surface area contributed by atoms with Crippen molar-refractivity contribution in [1.82, 2.24) is 5.32 Å². The number of nitrogens with one attached hydrogen (secondary N) is 1. The first kappa shape index (κ1) is 31.8. The van der Waals surface area contributed by atoms with E-state index in [1.165, 1.54) is 19.3 Å². The Balaban J connectivity index is -0.0000000462. The van der Waals surface area contributed by atoms with Gasteiger partial charge in [-0.2, -0.15) is 19.4 Å². The Bertz CT molecular complexity index is 117. The van der Waals surface area contributed by atoms with Gasteiger partial charge in [0.1, 0.15) is 0 Å². The van der Waals surface area contributed by atoms with E-state index in [1.807, 2.05) is 53.9 Å². The van der Waals surface area contributed by atoms with Gasteiger partial charge in [0.25, 0.3) is 0 Å². The molecule has 0 spiro atoms. The smallest absolute Gasteiger partial charge is 0 e. The minimum absolute atomic E-state index is 0. The van der Waals surface area contributed by atoms with E-state index in [4.69, 9.17) is 0 Å². The molecule has 19 heavy (non-hydrogen) atoms. The second-order valence-electron chi connectivity index (χ2n) is 3.03. The number of hydrogen-bond donors (Lipinski definition) is 1. The predicted octanol–water partition coefficient (Wildman–Crippen LogP) is 5.59. The van der Waals surface area contributed by atoms with Crippen molar-refractivity contribution in [1.29, 1.82) is 0 Å². The fourth-order valence-corrected chi connectivity index (χ4v) is 0.771. The van der Waals surface area contributed by atoms with Gasteiger partial charge in [-0.3, -0.25) is 6.08 Å². The summed E-state index contributed by atoms with van der Waals surface area (Å²) in [4.78, 5) is 0. The molecule has 0 aromatic heterocycles. The van der Waals surface area contributed by atoms with Crippen molar-refractivity contribution in [3.05, 3.63) is 30.7 Å². The summed E-state index contributed by atoms with van der Waals surface area (Å²) in [5.74, 6) is 0. The van der Waals surface area contributed by atoms with Crippen LogP contribution < -0.4 is 5.32 Å². The number of allylic oxidation sites excluding steroid dienone is 4. The first-order chi connectivity index (χ1) is 8.83. The molecular weight excluding hydrogens is 307 g/mol. The molecule has 115 valence electrons. The van der Waals surface area contributed by atoms with Gasteiger partial charge < -0.3 is 11.7 Å². The molecule has 0 aromatic rings. The van der Waals surface area contributed by atoms with Crippen LogP contribution >= 0.6 is 0 Å². The third-order valence-electron chi connectivity index (χ3n) is 1.38. The molecule has 0 heterocycles. The summed E-state index contributed by atoms with van der Waals surface area (Å²) in [5, 5.41) is 2.75. The SMILES string of the molecule is CC.CC.CNC.C[CH-]CCC.[C-]1=CC=CCC1.[Y]. The van der Waals surface area contributed by atoms with E-state index in [9.17, 15) is 0 Å². The monoisotopic (exact) mass is 344 g/mol. The molecule has 1 radical (unpaired) electrons. The van der Waals surface area contributed by atoms with Gasteiger partial charge in [0, 0.05) is 32.7 Å². The molecule has 0 fully saturated rings. The third-order valence-corrected chi connectivity index (χ3v) is 1.38. The molecule has 0 saturated carbocycles. The number of hydrogen-bond acceptors (Lipinski definition) is 1. The molecule has 0 aliphatic heterocycles. The standard InChI is InChI=1S/C6H7.C5H11.C2H7N.2C2H6.Y/c1-2-4-6-5-3-1;1-3-5-4-2;1-3-2;2*1-2;/h1-3H,4,6H2;3H,4-5H2,1-2H3;3H,1-2H3;2*1-2H3;/q2*-1;;;;. The van der Waals surface area contributed by atoms with Crippen LogP contribution in [0, 0.1) is 12.5 Å².